The van der Waals surface area contributed by atoms with E-state index in [0.717, 1.165) is 25.7 Å². The van der Waals surface area contributed by atoms with Crippen LogP contribution in [0.15, 0.2) is 0 Å². The molecular weight excluding hydrogens is 218 g/mol. The van der Waals surface area contributed by atoms with Crippen LogP contribution in [-0.4, -0.2) is 24.0 Å². The molecule has 1 aliphatic carbocycles. The fourth-order valence-electron chi connectivity index (χ4n) is 2.05. The molecular formula is C13H23NO3. The Balaban J connectivity index is 2.14. The Labute approximate surface area is 103 Å². The minimum atomic E-state index is -0.487. The van der Waals surface area contributed by atoms with E-state index in [0.29, 0.717) is 13.0 Å². The van der Waals surface area contributed by atoms with Gasteiger partial charge < -0.3 is 10.1 Å². The number of rotatable bonds is 4. The van der Waals surface area contributed by atoms with Gasteiger partial charge in [-0.3, -0.25) is 4.79 Å². The Bertz CT molecular complexity index is 275. The Hall–Kier alpha value is -1.06. The Morgan fingerprint density at radius 1 is 1.24 bits per heavy atom. The van der Waals surface area contributed by atoms with Gasteiger partial charge in [-0.25, -0.2) is 4.79 Å². The van der Waals surface area contributed by atoms with Crippen molar-refractivity contribution in [2.24, 2.45) is 5.92 Å². The molecule has 0 unspecified atom stereocenters. The standard InChI is InChI=1S/C13H23NO3/c1-13(2,3)17-12(16)14-9-8-11(15)10-6-4-5-7-10/h10H,4-9H2,1-3H3,(H,14,16). The molecule has 0 heterocycles. The molecule has 1 aliphatic rings. The molecule has 1 saturated carbocycles. The van der Waals surface area contributed by atoms with Gasteiger partial charge in [0.05, 0.1) is 0 Å². The first-order chi connectivity index (χ1) is 7.88. The molecule has 98 valence electrons. The number of carbonyl (C=O) groups is 2. The summed E-state index contributed by atoms with van der Waals surface area (Å²) >= 11 is 0. The van der Waals surface area contributed by atoms with Crippen LogP contribution >= 0.6 is 0 Å². The van der Waals surface area contributed by atoms with Gasteiger partial charge in [0.2, 0.25) is 0 Å². The number of nitrogens with one attached hydrogen (secondary N) is 1. The molecule has 0 bridgehead atoms. The fourth-order valence-corrected chi connectivity index (χ4v) is 2.05. The molecule has 1 rings (SSSR count). The number of ketones is 1. The average Bonchev–Trinajstić information content (AvgIpc) is 2.66. The highest BCUT2D eigenvalue weighted by Crippen LogP contribution is 2.26. The smallest absolute Gasteiger partial charge is 0.407 e. The Morgan fingerprint density at radius 3 is 2.35 bits per heavy atom. The summed E-state index contributed by atoms with van der Waals surface area (Å²) in [7, 11) is 0. The van der Waals surface area contributed by atoms with E-state index in [2.05, 4.69) is 5.32 Å². The number of hydrogen-bond donors (Lipinski definition) is 1. The van der Waals surface area contributed by atoms with Gasteiger partial charge in [-0.15, -0.1) is 0 Å². The third-order valence-corrected chi connectivity index (χ3v) is 2.85. The average molecular weight is 241 g/mol. The van der Waals surface area contributed by atoms with E-state index in [9.17, 15) is 9.59 Å². The number of ether oxygens (including phenoxy) is 1. The van der Waals surface area contributed by atoms with E-state index in [-0.39, 0.29) is 11.7 Å². The number of amides is 1. The zero-order chi connectivity index (χ0) is 12.9. The van der Waals surface area contributed by atoms with Crippen LogP contribution in [0.2, 0.25) is 0 Å². The molecule has 4 heteroatoms. The maximum atomic E-state index is 11.7. The second kappa shape index (κ2) is 6.03. The van der Waals surface area contributed by atoms with Crippen molar-refractivity contribution in [1.29, 1.82) is 0 Å². The normalized spacial score (nSPS) is 16.9. The van der Waals surface area contributed by atoms with Gasteiger partial charge in [0.25, 0.3) is 0 Å². The number of hydrogen-bond acceptors (Lipinski definition) is 3. The van der Waals surface area contributed by atoms with Crippen molar-refractivity contribution in [3.8, 4) is 0 Å². The van der Waals surface area contributed by atoms with E-state index in [4.69, 9.17) is 4.74 Å². The molecule has 0 atom stereocenters. The van der Waals surface area contributed by atoms with Gasteiger partial charge in [0, 0.05) is 18.9 Å². The predicted molar refractivity (Wildman–Crippen MR) is 65.8 cm³/mol. The van der Waals surface area contributed by atoms with Gasteiger partial charge in [-0.1, -0.05) is 12.8 Å². The lowest BCUT2D eigenvalue weighted by molar-refractivity contribution is -0.122. The predicted octanol–water partition coefficient (Wildman–Crippen LogP) is 2.66. The Morgan fingerprint density at radius 2 is 1.82 bits per heavy atom. The third-order valence-electron chi connectivity index (χ3n) is 2.85. The zero-order valence-electron chi connectivity index (χ0n) is 11.0. The van der Waals surface area contributed by atoms with Crippen LogP contribution in [0.5, 0.6) is 0 Å². The molecule has 0 spiro atoms. The highest BCUT2D eigenvalue weighted by Gasteiger charge is 2.22. The summed E-state index contributed by atoms with van der Waals surface area (Å²) in [5.74, 6) is 0.508. The zero-order valence-corrected chi connectivity index (χ0v) is 11.0. The second-order valence-corrected chi connectivity index (χ2v) is 5.63. The first-order valence-corrected chi connectivity index (χ1v) is 6.38. The minimum absolute atomic E-state index is 0.232. The first kappa shape index (κ1) is 14.0. The summed E-state index contributed by atoms with van der Waals surface area (Å²) in [6.45, 7) is 5.83. The molecule has 0 aromatic carbocycles. The van der Waals surface area contributed by atoms with Crippen LogP contribution in [0, 0.1) is 5.92 Å². The maximum absolute atomic E-state index is 11.7. The maximum Gasteiger partial charge on any atom is 0.407 e. The van der Waals surface area contributed by atoms with Crippen LogP contribution in [0.25, 0.3) is 0 Å². The van der Waals surface area contributed by atoms with Crippen LogP contribution in [0.4, 0.5) is 4.79 Å². The van der Waals surface area contributed by atoms with Crippen molar-refractivity contribution >= 4 is 11.9 Å². The summed E-state index contributed by atoms with van der Waals surface area (Å²) in [4.78, 5) is 23.0. The summed E-state index contributed by atoms with van der Waals surface area (Å²) in [6.07, 6.45) is 4.34. The molecule has 1 N–H and O–H groups in total. The lowest BCUT2D eigenvalue weighted by atomic mass is 10.0. The second-order valence-electron chi connectivity index (χ2n) is 5.63. The van der Waals surface area contributed by atoms with Crippen molar-refractivity contribution < 1.29 is 14.3 Å². The van der Waals surface area contributed by atoms with Crippen LogP contribution in [-0.2, 0) is 9.53 Å². The molecule has 4 nitrogen and oxygen atoms in total. The number of alkyl carbamates (subject to hydrolysis) is 1. The van der Waals surface area contributed by atoms with Crippen LogP contribution in [0.3, 0.4) is 0 Å². The van der Waals surface area contributed by atoms with Crippen molar-refractivity contribution in [3.63, 3.8) is 0 Å². The Kier molecular flexibility index (Phi) is 4.97. The molecule has 0 aliphatic heterocycles. The highest BCUT2D eigenvalue weighted by molar-refractivity contribution is 5.81. The molecule has 0 aromatic heterocycles. The lowest BCUT2D eigenvalue weighted by Crippen LogP contribution is -2.34. The van der Waals surface area contributed by atoms with Gasteiger partial charge in [0.1, 0.15) is 11.4 Å². The van der Waals surface area contributed by atoms with Crippen molar-refractivity contribution in [2.75, 3.05) is 6.54 Å². The van der Waals surface area contributed by atoms with Gasteiger partial charge in [-0.05, 0) is 33.6 Å². The van der Waals surface area contributed by atoms with E-state index in [1.165, 1.54) is 0 Å². The van der Waals surface area contributed by atoms with Crippen LogP contribution < -0.4 is 5.32 Å². The number of carbonyl (C=O) groups excluding carboxylic acids is 2. The minimum Gasteiger partial charge on any atom is -0.444 e. The lowest BCUT2D eigenvalue weighted by Gasteiger charge is -2.19. The largest absolute Gasteiger partial charge is 0.444 e. The summed E-state index contributed by atoms with van der Waals surface area (Å²) in [6, 6.07) is 0. The third kappa shape index (κ3) is 5.71. The van der Waals surface area contributed by atoms with E-state index in [1.54, 1.807) is 0 Å². The molecule has 0 saturated heterocycles. The summed E-state index contributed by atoms with van der Waals surface area (Å²) in [5, 5.41) is 2.61. The van der Waals surface area contributed by atoms with Gasteiger partial charge >= 0.3 is 6.09 Å². The van der Waals surface area contributed by atoms with E-state index >= 15 is 0 Å². The quantitative estimate of drug-likeness (QED) is 0.823. The van der Waals surface area contributed by atoms with E-state index in [1.807, 2.05) is 20.8 Å². The fraction of sp³-hybridized carbons (Fsp3) is 0.846. The van der Waals surface area contributed by atoms with Gasteiger partial charge in [0.15, 0.2) is 0 Å². The summed E-state index contributed by atoms with van der Waals surface area (Å²) in [5.41, 5.74) is -0.487. The van der Waals surface area contributed by atoms with Crippen molar-refractivity contribution in [3.05, 3.63) is 0 Å². The number of Topliss-reactive ketones (excluding diaryl/α,β-unsaturated/α-hetero) is 1. The molecule has 17 heavy (non-hydrogen) atoms. The topological polar surface area (TPSA) is 55.4 Å². The monoisotopic (exact) mass is 241 g/mol. The van der Waals surface area contributed by atoms with Crippen LogP contribution in [0.1, 0.15) is 52.9 Å². The SMILES string of the molecule is CC(C)(C)OC(=O)NCCC(=O)C1CCCC1. The molecule has 0 radical (unpaired) electrons. The van der Waals surface area contributed by atoms with Gasteiger partial charge in [-0.2, -0.15) is 0 Å². The van der Waals surface area contributed by atoms with E-state index < -0.39 is 11.7 Å². The van der Waals surface area contributed by atoms with Crippen molar-refractivity contribution in [1.82, 2.24) is 5.32 Å². The molecule has 0 aromatic rings. The first-order valence-electron chi connectivity index (χ1n) is 6.38. The van der Waals surface area contributed by atoms with Crippen molar-refractivity contribution in [2.45, 2.75) is 58.5 Å². The molecule has 1 amide bonds. The summed E-state index contributed by atoms with van der Waals surface area (Å²) < 4.78 is 5.08. The highest BCUT2D eigenvalue weighted by atomic mass is 16.6. The molecule has 1 fully saturated rings.